The number of hydrogen-bond acceptors (Lipinski definition) is 6. The SMILES string of the molecule is O=c1n(Cc2c(F)cccc2F)cnn1-c1ccc(Oc2ccnc(N3CC4(COC4)C3)c2)cc1. The average molecular weight is 477 g/mol. The van der Waals surface area contributed by atoms with E-state index in [1.54, 1.807) is 36.5 Å². The third-order valence-electron chi connectivity index (χ3n) is 6.35. The Balaban J connectivity index is 1.15. The molecule has 2 saturated heterocycles. The van der Waals surface area contributed by atoms with Crippen LogP contribution in [0.3, 0.4) is 0 Å². The van der Waals surface area contributed by atoms with E-state index in [9.17, 15) is 13.6 Å². The summed E-state index contributed by atoms with van der Waals surface area (Å²) >= 11 is 0. The van der Waals surface area contributed by atoms with Gasteiger partial charge in [-0.1, -0.05) is 6.07 Å². The fourth-order valence-electron chi connectivity index (χ4n) is 4.40. The molecular formula is C25H21F2N5O3. The maximum Gasteiger partial charge on any atom is 0.350 e. The van der Waals surface area contributed by atoms with Gasteiger partial charge in [0.25, 0.3) is 0 Å². The third kappa shape index (κ3) is 3.95. The highest BCUT2D eigenvalue weighted by atomic mass is 19.1. The molecule has 2 aliphatic rings. The first-order valence-electron chi connectivity index (χ1n) is 11.1. The molecule has 35 heavy (non-hydrogen) atoms. The Kier molecular flexibility index (Phi) is 5.10. The number of hydrogen-bond donors (Lipinski definition) is 0. The first kappa shape index (κ1) is 21.5. The third-order valence-corrected chi connectivity index (χ3v) is 6.35. The quantitative estimate of drug-likeness (QED) is 0.424. The van der Waals surface area contributed by atoms with E-state index in [2.05, 4.69) is 15.0 Å². The Labute approximate surface area is 199 Å². The Bertz CT molecular complexity index is 1420. The number of aromatic nitrogens is 4. The second-order valence-electron chi connectivity index (χ2n) is 8.95. The predicted molar refractivity (Wildman–Crippen MR) is 123 cm³/mol. The number of ether oxygens (including phenoxy) is 2. The number of rotatable bonds is 6. The molecule has 0 radical (unpaired) electrons. The molecule has 0 bridgehead atoms. The van der Waals surface area contributed by atoms with E-state index in [1.807, 2.05) is 6.07 Å². The van der Waals surface area contributed by atoms with Crippen LogP contribution >= 0.6 is 0 Å². The number of nitrogens with zero attached hydrogens (tertiary/aromatic N) is 5. The lowest BCUT2D eigenvalue weighted by Crippen LogP contribution is -2.66. The Morgan fingerprint density at radius 3 is 2.43 bits per heavy atom. The molecule has 10 heteroatoms. The molecule has 8 nitrogen and oxygen atoms in total. The van der Waals surface area contributed by atoms with Crippen LogP contribution in [-0.4, -0.2) is 45.6 Å². The van der Waals surface area contributed by atoms with E-state index in [0.717, 1.165) is 53.5 Å². The summed E-state index contributed by atoms with van der Waals surface area (Å²) < 4.78 is 41.5. The van der Waals surface area contributed by atoms with Crippen molar-refractivity contribution in [1.29, 1.82) is 0 Å². The van der Waals surface area contributed by atoms with Gasteiger partial charge in [-0.05, 0) is 42.5 Å². The minimum Gasteiger partial charge on any atom is -0.457 e. The Morgan fingerprint density at radius 1 is 1.00 bits per heavy atom. The molecule has 178 valence electrons. The van der Waals surface area contributed by atoms with Crippen LogP contribution in [0.1, 0.15) is 5.56 Å². The molecule has 1 spiro atoms. The molecule has 0 aliphatic carbocycles. The van der Waals surface area contributed by atoms with Gasteiger partial charge in [-0.15, -0.1) is 0 Å². The lowest BCUT2D eigenvalue weighted by atomic mass is 9.78. The standard InChI is InChI=1S/C25H21F2N5O3/c26-21-2-1-3-22(27)20(21)11-30-16-29-32(24(30)33)17-4-6-18(7-5-17)35-19-8-9-28-23(10-19)31-12-25(13-31)14-34-15-25/h1-10,16H,11-15H2. The van der Waals surface area contributed by atoms with Crippen LogP contribution in [0.25, 0.3) is 5.69 Å². The molecule has 0 saturated carbocycles. The molecule has 0 amide bonds. The van der Waals surface area contributed by atoms with Crippen molar-refractivity contribution in [3.63, 3.8) is 0 Å². The smallest absolute Gasteiger partial charge is 0.350 e. The van der Waals surface area contributed by atoms with Crippen molar-refractivity contribution in [2.24, 2.45) is 5.41 Å². The maximum absolute atomic E-state index is 14.0. The molecule has 2 aliphatic heterocycles. The van der Waals surface area contributed by atoms with Crippen molar-refractivity contribution in [3.8, 4) is 17.2 Å². The fourth-order valence-corrected chi connectivity index (χ4v) is 4.40. The van der Waals surface area contributed by atoms with Crippen molar-refractivity contribution in [1.82, 2.24) is 19.3 Å². The van der Waals surface area contributed by atoms with Gasteiger partial charge in [0.1, 0.15) is 35.3 Å². The van der Waals surface area contributed by atoms with Crippen LogP contribution in [-0.2, 0) is 11.3 Å². The summed E-state index contributed by atoms with van der Waals surface area (Å²) in [6.45, 7) is 3.24. The predicted octanol–water partition coefficient (Wildman–Crippen LogP) is 3.38. The van der Waals surface area contributed by atoms with Crippen LogP contribution in [0.5, 0.6) is 11.5 Å². The fraction of sp³-hybridized carbons (Fsp3) is 0.240. The van der Waals surface area contributed by atoms with E-state index >= 15 is 0 Å². The van der Waals surface area contributed by atoms with E-state index in [-0.39, 0.29) is 12.1 Å². The first-order chi connectivity index (χ1) is 17.0. The van der Waals surface area contributed by atoms with Crippen molar-refractivity contribution < 1.29 is 18.3 Å². The summed E-state index contributed by atoms with van der Waals surface area (Å²) in [7, 11) is 0. The maximum atomic E-state index is 14.0. The van der Waals surface area contributed by atoms with Gasteiger partial charge in [-0.25, -0.2) is 18.6 Å². The van der Waals surface area contributed by atoms with E-state index in [1.165, 1.54) is 12.4 Å². The number of pyridine rings is 1. The molecule has 4 heterocycles. The summed E-state index contributed by atoms with van der Waals surface area (Å²) in [5.74, 6) is 0.674. The molecule has 4 aromatic rings. The van der Waals surface area contributed by atoms with Gasteiger partial charge in [0.2, 0.25) is 0 Å². The second kappa shape index (κ2) is 8.31. The van der Waals surface area contributed by atoms with Crippen molar-refractivity contribution >= 4 is 5.82 Å². The normalized spacial score (nSPS) is 16.1. The molecule has 6 rings (SSSR count). The van der Waals surface area contributed by atoms with Crippen molar-refractivity contribution in [2.45, 2.75) is 6.54 Å². The van der Waals surface area contributed by atoms with E-state index in [4.69, 9.17) is 9.47 Å². The van der Waals surface area contributed by atoms with Crippen LogP contribution in [0, 0.1) is 17.0 Å². The van der Waals surface area contributed by atoms with Crippen LogP contribution < -0.4 is 15.3 Å². The molecular weight excluding hydrogens is 456 g/mol. The van der Waals surface area contributed by atoms with Crippen LogP contribution in [0.15, 0.2) is 71.9 Å². The van der Waals surface area contributed by atoms with Gasteiger partial charge in [-0.2, -0.15) is 9.78 Å². The van der Waals surface area contributed by atoms with Crippen LogP contribution in [0.2, 0.25) is 0 Å². The first-order valence-corrected chi connectivity index (χ1v) is 11.1. The Morgan fingerprint density at radius 2 is 1.74 bits per heavy atom. The summed E-state index contributed by atoms with van der Waals surface area (Å²) in [6.07, 6.45) is 2.97. The minimum absolute atomic E-state index is 0.191. The molecule has 2 aromatic heterocycles. The van der Waals surface area contributed by atoms with E-state index < -0.39 is 17.3 Å². The minimum atomic E-state index is -0.712. The topological polar surface area (TPSA) is 74.4 Å². The van der Waals surface area contributed by atoms with Crippen LogP contribution in [0.4, 0.5) is 14.6 Å². The molecule has 2 aromatic carbocycles. The average Bonchev–Trinajstić information content (AvgIpc) is 3.15. The van der Waals surface area contributed by atoms with Gasteiger partial charge in [-0.3, -0.25) is 4.57 Å². The zero-order chi connectivity index (χ0) is 24.0. The van der Waals surface area contributed by atoms with Gasteiger partial charge >= 0.3 is 5.69 Å². The highest BCUT2D eigenvalue weighted by molar-refractivity contribution is 5.49. The van der Waals surface area contributed by atoms with Gasteiger partial charge in [0, 0.05) is 30.9 Å². The molecule has 0 N–H and O–H groups in total. The summed E-state index contributed by atoms with van der Waals surface area (Å²) in [4.78, 5) is 19.4. The molecule has 0 unspecified atom stereocenters. The highest BCUT2D eigenvalue weighted by Crippen LogP contribution is 2.40. The van der Waals surface area contributed by atoms with Crippen molar-refractivity contribution in [2.75, 3.05) is 31.2 Å². The summed E-state index contributed by atoms with van der Waals surface area (Å²) in [5, 5.41) is 4.08. The summed E-state index contributed by atoms with van der Waals surface area (Å²) in [5.41, 5.74) is 0.0931. The Hall–Kier alpha value is -4.05. The van der Waals surface area contributed by atoms with Gasteiger partial charge < -0.3 is 14.4 Å². The van der Waals surface area contributed by atoms with Crippen molar-refractivity contribution in [3.05, 3.63) is 94.8 Å². The largest absolute Gasteiger partial charge is 0.457 e. The zero-order valence-corrected chi connectivity index (χ0v) is 18.6. The summed E-state index contributed by atoms with van der Waals surface area (Å²) in [6, 6.07) is 14.1. The number of halogens is 2. The van der Waals surface area contributed by atoms with Gasteiger partial charge in [0.15, 0.2) is 0 Å². The molecule has 0 atom stereocenters. The monoisotopic (exact) mass is 477 g/mol. The van der Waals surface area contributed by atoms with Gasteiger partial charge in [0.05, 0.1) is 30.9 Å². The lowest BCUT2D eigenvalue weighted by molar-refractivity contribution is -0.127. The molecule has 2 fully saturated rings. The van der Waals surface area contributed by atoms with E-state index in [0.29, 0.717) is 22.6 Å². The second-order valence-corrected chi connectivity index (χ2v) is 8.95. The zero-order valence-electron chi connectivity index (χ0n) is 18.6. The highest BCUT2D eigenvalue weighted by Gasteiger charge is 2.49. The number of benzene rings is 2. The number of anilines is 1. The lowest BCUT2D eigenvalue weighted by Gasteiger charge is -2.55.